The van der Waals surface area contributed by atoms with Crippen molar-refractivity contribution in [3.05, 3.63) is 0 Å². The van der Waals surface area contributed by atoms with Crippen LogP contribution >= 0.6 is 12.4 Å². The van der Waals surface area contributed by atoms with Gasteiger partial charge in [0.05, 0.1) is 24.2 Å². The van der Waals surface area contributed by atoms with E-state index in [-0.39, 0.29) is 42.3 Å². The summed E-state index contributed by atoms with van der Waals surface area (Å²) in [6, 6.07) is -0.0162. The Labute approximate surface area is 155 Å². The quantitative estimate of drug-likeness (QED) is 0.776. The Hall–Kier alpha value is -0.850. The molecule has 2 bridgehead atoms. The van der Waals surface area contributed by atoms with Gasteiger partial charge in [-0.25, -0.2) is 0 Å². The summed E-state index contributed by atoms with van der Waals surface area (Å²) < 4.78 is 5.85. The fourth-order valence-electron chi connectivity index (χ4n) is 4.84. The monoisotopic (exact) mass is 371 g/mol. The third kappa shape index (κ3) is 4.12. The third-order valence-electron chi connectivity index (χ3n) is 6.20. The minimum Gasteiger partial charge on any atom is -0.374 e. The minimum absolute atomic E-state index is 0. The second-order valence-electron chi connectivity index (χ2n) is 7.90. The highest BCUT2D eigenvalue weighted by atomic mass is 35.5. The van der Waals surface area contributed by atoms with Crippen molar-refractivity contribution in [2.24, 2.45) is 11.8 Å². The number of amides is 2. The molecular formula is C18H30ClN3O3. The number of nitrogens with zero attached hydrogens (tertiary/aromatic N) is 1. The van der Waals surface area contributed by atoms with Gasteiger partial charge in [-0.15, -0.1) is 12.4 Å². The summed E-state index contributed by atoms with van der Waals surface area (Å²) >= 11 is 0. The molecule has 2 N–H and O–H groups in total. The first-order valence-electron chi connectivity index (χ1n) is 9.66. The van der Waals surface area contributed by atoms with Crippen LogP contribution in [0.15, 0.2) is 0 Å². The van der Waals surface area contributed by atoms with Crippen LogP contribution in [0.25, 0.3) is 0 Å². The number of ether oxygens (including phenoxy) is 1. The summed E-state index contributed by atoms with van der Waals surface area (Å²) in [6.07, 6.45) is 7.71. The van der Waals surface area contributed by atoms with Gasteiger partial charge in [0.1, 0.15) is 0 Å². The Morgan fingerprint density at radius 1 is 1.16 bits per heavy atom. The van der Waals surface area contributed by atoms with Crippen LogP contribution in [0.3, 0.4) is 0 Å². The summed E-state index contributed by atoms with van der Waals surface area (Å²) in [5, 5.41) is 6.32. The molecule has 4 heterocycles. The first kappa shape index (κ1) is 18.9. The van der Waals surface area contributed by atoms with E-state index in [1.54, 1.807) is 0 Å². The van der Waals surface area contributed by atoms with Gasteiger partial charge in [-0.2, -0.15) is 0 Å². The molecule has 4 saturated heterocycles. The van der Waals surface area contributed by atoms with E-state index in [4.69, 9.17) is 4.74 Å². The van der Waals surface area contributed by atoms with E-state index in [2.05, 4.69) is 10.6 Å². The Morgan fingerprint density at radius 2 is 2.04 bits per heavy atom. The largest absolute Gasteiger partial charge is 0.374 e. The minimum atomic E-state index is -0.0162. The van der Waals surface area contributed by atoms with Crippen molar-refractivity contribution in [2.75, 3.05) is 26.2 Å². The van der Waals surface area contributed by atoms with E-state index in [0.29, 0.717) is 18.6 Å². The van der Waals surface area contributed by atoms with Gasteiger partial charge < -0.3 is 20.3 Å². The predicted octanol–water partition coefficient (Wildman–Crippen LogP) is 1.08. The van der Waals surface area contributed by atoms with Crippen LogP contribution in [0.5, 0.6) is 0 Å². The lowest BCUT2D eigenvalue weighted by Crippen LogP contribution is -2.48. The Bertz CT molecular complexity index is 498. The normalized spacial score (nSPS) is 37.0. The van der Waals surface area contributed by atoms with Gasteiger partial charge in [-0.1, -0.05) is 0 Å². The molecule has 4 aliphatic heterocycles. The van der Waals surface area contributed by atoms with Crippen LogP contribution in [0, 0.1) is 11.8 Å². The second-order valence-corrected chi connectivity index (χ2v) is 7.90. The molecule has 0 saturated carbocycles. The molecule has 0 radical (unpaired) electrons. The number of carbonyl (C=O) groups is 2. The van der Waals surface area contributed by atoms with Crippen LogP contribution in [0.4, 0.5) is 0 Å². The van der Waals surface area contributed by atoms with E-state index in [0.717, 1.165) is 64.6 Å². The van der Waals surface area contributed by atoms with Crippen LogP contribution in [0.1, 0.15) is 44.9 Å². The number of carbonyl (C=O) groups excluding carboxylic acids is 2. The van der Waals surface area contributed by atoms with Gasteiger partial charge in [-0.05, 0) is 57.4 Å². The van der Waals surface area contributed by atoms with Crippen molar-refractivity contribution >= 4 is 24.2 Å². The van der Waals surface area contributed by atoms with Gasteiger partial charge in [-0.3, -0.25) is 9.59 Å². The Morgan fingerprint density at radius 3 is 2.72 bits per heavy atom. The number of fused-ring (bicyclic) bond motifs is 2. The van der Waals surface area contributed by atoms with Crippen molar-refractivity contribution in [3.63, 3.8) is 0 Å². The molecule has 0 aromatic rings. The van der Waals surface area contributed by atoms with E-state index >= 15 is 0 Å². The molecule has 7 heteroatoms. The standard InChI is InChI=1S/C18H29N3O3.ClH/c22-17(15-4-1-7-19-15)20-10-12-3-2-8-21(11-12)18(23)14-9-13-5-6-16(14)24-13;/h12-16,19H,1-11H2,(H,20,22);1H. The van der Waals surface area contributed by atoms with Crippen molar-refractivity contribution in [3.8, 4) is 0 Å². The number of rotatable bonds is 4. The van der Waals surface area contributed by atoms with E-state index in [1.807, 2.05) is 4.90 Å². The van der Waals surface area contributed by atoms with Gasteiger partial charge in [0, 0.05) is 19.6 Å². The lowest BCUT2D eigenvalue weighted by molar-refractivity contribution is -0.139. The molecule has 6 nitrogen and oxygen atoms in total. The summed E-state index contributed by atoms with van der Waals surface area (Å²) in [7, 11) is 0. The van der Waals surface area contributed by atoms with Gasteiger partial charge in [0.25, 0.3) is 0 Å². The van der Waals surface area contributed by atoms with Crippen LogP contribution < -0.4 is 10.6 Å². The number of likely N-dealkylation sites (tertiary alicyclic amines) is 1. The Balaban J connectivity index is 0.00000182. The third-order valence-corrected chi connectivity index (χ3v) is 6.20. The number of hydrogen-bond acceptors (Lipinski definition) is 4. The van der Waals surface area contributed by atoms with Gasteiger partial charge >= 0.3 is 0 Å². The molecule has 4 fully saturated rings. The van der Waals surface area contributed by atoms with Crippen molar-refractivity contribution < 1.29 is 14.3 Å². The highest BCUT2D eigenvalue weighted by Crippen LogP contribution is 2.40. The average molecular weight is 372 g/mol. The maximum atomic E-state index is 12.8. The first-order chi connectivity index (χ1) is 11.7. The molecule has 0 aliphatic carbocycles. The van der Waals surface area contributed by atoms with Crippen molar-refractivity contribution in [1.29, 1.82) is 0 Å². The highest BCUT2D eigenvalue weighted by Gasteiger charge is 2.46. The highest BCUT2D eigenvalue weighted by molar-refractivity contribution is 5.85. The summed E-state index contributed by atoms with van der Waals surface area (Å²) in [5.41, 5.74) is 0. The predicted molar refractivity (Wildman–Crippen MR) is 96.6 cm³/mol. The molecule has 0 aromatic heterocycles. The van der Waals surface area contributed by atoms with Crippen LogP contribution in [0.2, 0.25) is 0 Å². The lowest BCUT2D eigenvalue weighted by Gasteiger charge is -2.35. The molecule has 0 spiro atoms. The van der Waals surface area contributed by atoms with Crippen molar-refractivity contribution in [2.45, 2.75) is 63.2 Å². The summed E-state index contributed by atoms with van der Waals surface area (Å²) in [5.74, 6) is 0.875. The molecule has 25 heavy (non-hydrogen) atoms. The first-order valence-corrected chi connectivity index (χ1v) is 9.66. The fraction of sp³-hybridized carbons (Fsp3) is 0.889. The molecule has 2 amide bonds. The van der Waals surface area contributed by atoms with E-state index < -0.39 is 0 Å². The molecule has 4 aliphatic rings. The fourth-order valence-corrected chi connectivity index (χ4v) is 4.84. The molecule has 4 rings (SSSR count). The zero-order chi connectivity index (χ0) is 16.5. The van der Waals surface area contributed by atoms with Crippen LogP contribution in [-0.4, -0.2) is 61.1 Å². The zero-order valence-corrected chi connectivity index (χ0v) is 15.6. The van der Waals surface area contributed by atoms with Crippen molar-refractivity contribution in [1.82, 2.24) is 15.5 Å². The summed E-state index contributed by atoms with van der Waals surface area (Å²) in [4.78, 5) is 27.0. The summed E-state index contributed by atoms with van der Waals surface area (Å²) in [6.45, 7) is 3.27. The number of piperidine rings is 1. The Kier molecular flexibility index (Phi) is 6.23. The van der Waals surface area contributed by atoms with Gasteiger partial charge in [0.15, 0.2) is 0 Å². The average Bonchev–Trinajstić information content (AvgIpc) is 3.36. The van der Waals surface area contributed by atoms with E-state index in [9.17, 15) is 9.59 Å². The number of nitrogens with one attached hydrogen (secondary N) is 2. The molecule has 5 atom stereocenters. The van der Waals surface area contributed by atoms with Crippen LogP contribution in [-0.2, 0) is 14.3 Å². The maximum absolute atomic E-state index is 12.8. The molecule has 142 valence electrons. The molecular weight excluding hydrogens is 342 g/mol. The van der Waals surface area contributed by atoms with Gasteiger partial charge in [0.2, 0.25) is 11.8 Å². The topological polar surface area (TPSA) is 70.7 Å². The lowest BCUT2D eigenvalue weighted by atomic mass is 9.87. The maximum Gasteiger partial charge on any atom is 0.237 e. The smallest absolute Gasteiger partial charge is 0.237 e. The zero-order valence-electron chi connectivity index (χ0n) is 14.7. The SMILES string of the molecule is Cl.O=C(NCC1CCCN(C(=O)C2CC3CCC2O3)C1)C1CCCN1. The number of halogens is 1. The van der Waals surface area contributed by atoms with E-state index in [1.165, 1.54) is 0 Å². The molecule has 0 aromatic carbocycles. The number of hydrogen-bond donors (Lipinski definition) is 2. The second kappa shape index (κ2) is 8.23. The molecule has 5 unspecified atom stereocenters.